The number of hydrogen-bond acceptors (Lipinski definition) is 6. The van der Waals surface area contributed by atoms with E-state index < -0.39 is 0 Å². The highest BCUT2D eigenvalue weighted by atomic mass is 16.5. The third kappa shape index (κ3) is 4.90. The number of aromatic nitrogens is 2. The van der Waals surface area contributed by atoms with E-state index in [0.717, 1.165) is 18.2 Å². The summed E-state index contributed by atoms with van der Waals surface area (Å²) in [6.07, 6.45) is 1.51. The number of anilines is 2. The van der Waals surface area contributed by atoms with Crippen LogP contribution in [0.1, 0.15) is 6.92 Å². The van der Waals surface area contributed by atoms with Gasteiger partial charge in [-0.2, -0.15) is 0 Å². The molecule has 4 N–H and O–H groups in total. The highest BCUT2D eigenvalue weighted by Gasteiger charge is 1.99. The van der Waals surface area contributed by atoms with Crippen LogP contribution in [0.15, 0.2) is 12.4 Å². The van der Waals surface area contributed by atoms with Crippen LogP contribution in [0.3, 0.4) is 0 Å². The monoisotopic (exact) mass is 225 g/mol. The second-order valence-corrected chi connectivity index (χ2v) is 3.57. The first-order valence-corrected chi connectivity index (χ1v) is 5.26. The number of nitrogens with one attached hydrogen (secondary N) is 2. The summed E-state index contributed by atoms with van der Waals surface area (Å²) in [7, 11) is 1.66. The zero-order valence-electron chi connectivity index (χ0n) is 9.73. The lowest BCUT2D eigenvalue weighted by molar-refractivity contribution is 0.210. The fourth-order valence-electron chi connectivity index (χ4n) is 1.10. The molecule has 1 aromatic rings. The summed E-state index contributed by atoms with van der Waals surface area (Å²) in [6.45, 7) is 3.99. The molecule has 6 nitrogen and oxygen atoms in total. The van der Waals surface area contributed by atoms with Crippen LogP contribution in [0.25, 0.3) is 0 Å². The van der Waals surface area contributed by atoms with Gasteiger partial charge in [-0.3, -0.25) is 0 Å². The van der Waals surface area contributed by atoms with E-state index in [-0.39, 0.29) is 6.04 Å². The summed E-state index contributed by atoms with van der Waals surface area (Å²) in [6, 6.07) is 1.94. The van der Waals surface area contributed by atoms with Crippen molar-refractivity contribution in [2.24, 2.45) is 5.73 Å². The van der Waals surface area contributed by atoms with E-state index >= 15 is 0 Å². The maximum absolute atomic E-state index is 5.64. The summed E-state index contributed by atoms with van der Waals surface area (Å²) in [5.41, 5.74) is 5.64. The molecule has 16 heavy (non-hydrogen) atoms. The molecule has 0 saturated carbocycles. The van der Waals surface area contributed by atoms with Crippen LogP contribution in [0, 0.1) is 0 Å². The number of methoxy groups -OCH3 is 1. The normalized spacial score (nSPS) is 12.2. The molecule has 0 amide bonds. The molecule has 1 aromatic heterocycles. The van der Waals surface area contributed by atoms with Crippen molar-refractivity contribution in [3.63, 3.8) is 0 Å². The Morgan fingerprint density at radius 3 is 2.69 bits per heavy atom. The first-order valence-electron chi connectivity index (χ1n) is 5.26. The van der Waals surface area contributed by atoms with Crippen molar-refractivity contribution in [3.05, 3.63) is 12.4 Å². The minimum Gasteiger partial charge on any atom is -0.383 e. The molecule has 90 valence electrons. The second-order valence-electron chi connectivity index (χ2n) is 3.57. The van der Waals surface area contributed by atoms with Gasteiger partial charge in [-0.15, -0.1) is 0 Å². The van der Waals surface area contributed by atoms with Crippen molar-refractivity contribution in [2.75, 3.05) is 37.4 Å². The van der Waals surface area contributed by atoms with Gasteiger partial charge >= 0.3 is 0 Å². The lowest BCUT2D eigenvalue weighted by Gasteiger charge is -2.09. The summed E-state index contributed by atoms with van der Waals surface area (Å²) < 4.78 is 4.93. The van der Waals surface area contributed by atoms with Gasteiger partial charge in [0.2, 0.25) is 0 Å². The molecule has 0 fully saturated rings. The van der Waals surface area contributed by atoms with Gasteiger partial charge < -0.3 is 21.1 Å². The Hall–Kier alpha value is -1.40. The predicted octanol–water partition coefficient (Wildman–Crippen LogP) is 0.294. The summed E-state index contributed by atoms with van der Waals surface area (Å²) in [4.78, 5) is 8.18. The number of nitrogens with two attached hydrogens (primary N) is 1. The second kappa shape index (κ2) is 6.97. The Kier molecular flexibility index (Phi) is 5.52. The van der Waals surface area contributed by atoms with Crippen LogP contribution >= 0.6 is 0 Å². The fourth-order valence-corrected chi connectivity index (χ4v) is 1.10. The molecule has 0 aromatic carbocycles. The Labute approximate surface area is 95.6 Å². The first kappa shape index (κ1) is 12.7. The maximum atomic E-state index is 5.64. The van der Waals surface area contributed by atoms with Crippen molar-refractivity contribution >= 4 is 11.6 Å². The smallest absolute Gasteiger partial charge is 0.131 e. The summed E-state index contributed by atoms with van der Waals surface area (Å²) in [5.74, 6) is 1.55. The zero-order valence-corrected chi connectivity index (χ0v) is 9.73. The van der Waals surface area contributed by atoms with Gasteiger partial charge in [0.15, 0.2) is 0 Å². The predicted molar refractivity (Wildman–Crippen MR) is 64.5 cm³/mol. The number of nitrogens with zero attached hydrogens (tertiary/aromatic N) is 2. The van der Waals surface area contributed by atoms with E-state index in [1.54, 1.807) is 7.11 Å². The van der Waals surface area contributed by atoms with Crippen molar-refractivity contribution in [2.45, 2.75) is 13.0 Å². The molecular formula is C10H19N5O. The van der Waals surface area contributed by atoms with Crippen molar-refractivity contribution in [3.8, 4) is 0 Å². The maximum Gasteiger partial charge on any atom is 0.131 e. The molecule has 0 aliphatic carbocycles. The van der Waals surface area contributed by atoms with Crippen molar-refractivity contribution in [1.29, 1.82) is 0 Å². The molecule has 0 saturated heterocycles. The fraction of sp³-hybridized carbons (Fsp3) is 0.600. The Morgan fingerprint density at radius 2 is 2.06 bits per heavy atom. The largest absolute Gasteiger partial charge is 0.383 e. The summed E-state index contributed by atoms with van der Waals surface area (Å²) in [5, 5.41) is 6.25. The molecule has 0 spiro atoms. The van der Waals surface area contributed by atoms with Gasteiger partial charge in [-0.25, -0.2) is 9.97 Å². The van der Waals surface area contributed by atoms with Gasteiger partial charge in [-0.1, -0.05) is 0 Å². The van der Waals surface area contributed by atoms with Crippen LogP contribution in [-0.4, -0.2) is 42.8 Å². The molecule has 1 rings (SSSR count). The molecule has 1 atom stereocenters. The molecule has 0 aliphatic heterocycles. The van der Waals surface area contributed by atoms with Gasteiger partial charge in [-0.05, 0) is 6.92 Å². The van der Waals surface area contributed by atoms with E-state index in [9.17, 15) is 0 Å². The quantitative estimate of drug-likeness (QED) is 0.578. The third-order valence-electron chi connectivity index (χ3n) is 1.88. The molecule has 6 heteroatoms. The Balaban J connectivity index is 2.43. The third-order valence-corrected chi connectivity index (χ3v) is 1.88. The zero-order chi connectivity index (χ0) is 11.8. The van der Waals surface area contributed by atoms with Crippen molar-refractivity contribution < 1.29 is 4.74 Å². The van der Waals surface area contributed by atoms with Crippen LogP contribution < -0.4 is 16.4 Å². The topological polar surface area (TPSA) is 85.1 Å². The molecule has 1 heterocycles. The highest BCUT2D eigenvalue weighted by Crippen LogP contribution is 2.07. The Morgan fingerprint density at radius 1 is 1.38 bits per heavy atom. The van der Waals surface area contributed by atoms with E-state index in [1.165, 1.54) is 6.33 Å². The number of hydrogen-bond donors (Lipinski definition) is 3. The van der Waals surface area contributed by atoms with Gasteiger partial charge in [0.05, 0.1) is 6.61 Å². The van der Waals surface area contributed by atoms with Crippen molar-refractivity contribution in [1.82, 2.24) is 9.97 Å². The molecular weight excluding hydrogens is 206 g/mol. The summed E-state index contributed by atoms with van der Waals surface area (Å²) >= 11 is 0. The molecule has 1 unspecified atom stereocenters. The van der Waals surface area contributed by atoms with E-state index in [2.05, 4.69) is 20.6 Å². The standard InChI is InChI=1S/C10H19N5O/c1-8(11)6-13-10-5-9(14-7-15-10)12-3-4-16-2/h5,7-8H,3-4,6,11H2,1-2H3,(H2,12,13,14,15). The van der Waals surface area contributed by atoms with E-state index in [1.807, 2.05) is 13.0 Å². The van der Waals surface area contributed by atoms with Crippen LogP contribution in [-0.2, 0) is 4.74 Å². The Bertz CT molecular complexity index is 305. The SMILES string of the molecule is COCCNc1cc(NCC(C)N)ncn1. The van der Waals surface area contributed by atoms with Crippen LogP contribution in [0.2, 0.25) is 0 Å². The molecule has 0 radical (unpaired) electrons. The molecule has 0 aliphatic rings. The lowest BCUT2D eigenvalue weighted by atomic mass is 10.3. The average Bonchev–Trinajstić information content (AvgIpc) is 2.27. The van der Waals surface area contributed by atoms with Crippen LogP contribution in [0.4, 0.5) is 11.6 Å². The number of ether oxygens (including phenoxy) is 1. The van der Waals surface area contributed by atoms with Gasteiger partial charge in [0, 0.05) is 32.3 Å². The lowest BCUT2D eigenvalue weighted by Crippen LogP contribution is -2.25. The minimum atomic E-state index is 0.0971. The highest BCUT2D eigenvalue weighted by molar-refractivity contribution is 5.46. The average molecular weight is 225 g/mol. The van der Waals surface area contributed by atoms with E-state index in [0.29, 0.717) is 13.2 Å². The number of rotatable bonds is 7. The van der Waals surface area contributed by atoms with E-state index in [4.69, 9.17) is 10.5 Å². The molecule has 0 bridgehead atoms. The van der Waals surface area contributed by atoms with Gasteiger partial charge in [0.25, 0.3) is 0 Å². The van der Waals surface area contributed by atoms with Crippen LogP contribution in [0.5, 0.6) is 0 Å². The minimum absolute atomic E-state index is 0.0971. The van der Waals surface area contributed by atoms with Gasteiger partial charge in [0.1, 0.15) is 18.0 Å². The first-order chi connectivity index (χ1) is 7.72.